The first-order valence-electron chi connectivity index (χ1n) is 9.70. The zero-order chi connectivity index (χ0) is 19.1. The molecule has 0 radical (unpaired) electrons. The van der Waals surface area contributed by atoms with Crippen molar-refractivity contribution in [3.63, 3.8) is 0 Å². The Balaban J connectivity index is 5.16. The van der Waals surface area contributed by atoms with Crippen LogP contribution in [-0.4, -0.2) is 0 Å². The maximum atomic E-state index is 8.86. The molecule has 0 amide bonds. The molecule has 0 bridgehead atoms. The molecular weight excluding hydrogens is 337 g/mol. The van der Waals surface area contributed by atoms with Gasteiger partial charge < -0.3 is 0 Å². The van der Waals surface area contributed by atoms with Crippen LogP contribution in [0.15, 0.2) is 30.3 Å². The van der Waals surface area contributed by atoms with Crippen molar-refractivity contribution in [1.29, 1.82) is 0 Å². The minimum atomic E-state index is -5.30. The molecule has 0 aliphatic carbocycles. The van der Waals surface area contributed by atoms with Crippen LogP contribution in [0.2, 0.25) is 43.1 Å². The first kappa shape index (κ1) is 21.7. The van der Waals surface area contributed by atoms with E-state index in [0.29, 0.717) is 0 Å². The van der Waals surface area contributed by atoms with Gasteiger partial charge in [0.2, 0.25) is 0 Å². The fourth-order valence-corrected chi connectivity index (χ4v) is 25.8. The Morgan fingerprint density at radius 1 is 0.542 bits per heavy atom. The van der Waals surface area contributed by atoms with Crippen molar-refractivity contribution in [3.8, 4) is 0 Å². The van der Waals surface area contributed by atoms with Crippen molar-refractivity contribution in [3.05, 3.63) is 30.3 Å². The quantitative estimate of drug-likeness (QED) is 0.428. The number of rotatable bonds is 9. The van der Waals surface area contributed by atoms with Gasteiger partial charge in [0.15, 0.2) is 0 Å². The van der Waals surface area contributed by atoms with Crippen LogP contribution in [0.3, 0.4) is 0 Å². The second kappa shape index (κ2) is 2.89. The van der Waals surface area contributed by atoms with Gasteiger partial charge in [0, 0.05) is 0 Å². The number of hydrogen-bond acceptors (Lipinski definition) is 1. The molecule has 0 unspecified atom stereocenters. The molecule has 0 saturated heterocycles. The molecule has 0 spiro atoms. The molecule has 1 aromatic carbocycles. The molecule has 0 fully saturated rings. The molecule has 0 aliphatic heterocycles. The monoisotopic (exact) mass is 383 g/mol. The molecular formula is C22H47NNi. The zero-order valence-corrected chi connectivity index (χ0v) is 18.9. The van der Waals surface area contributed by atoms with Gasteiger partial charge in [0.1, 0.15) is 0 Å². The van der Waals surface area contributed by atoms with E-state index in [1.54, 1.807) is 0 Å². The predicted octanol–water partition coefficient (Wildman–Crippen LogP) is 8.06. The van der Waals surface area contributed by atoms with Crippen LogP contribution in [0.1, 0.15) is 55.4 Å². The van der Waals surface area contributed by atoms with E-state index in [4.69, 9.17) is 4.81 Å². The fraction of sp³-hybridized carbons (Fsp3) is 0.727. The van der Waals surface area contributed by atoms with Gasteiger partial charge in [-0.3, -0.25) is 0 Å². The van der Waals surface area contributed by atoms with Gasteiger partial charge in [-0.2, -0.15) is 0 Å². The van der Waals surface area contributed by atoms with Crippen LogP contribution >= 0.6 is 0 Å². The average Bonchev–Trinajstić information content (AvgIpc) is 2.73. The average molecular weight is 384 g/mol. The Bertz CT molecular complexity index is 661. The van der Waals surface area contributed by atoms with Gasteiger partial charge in [-0.25, -0.2) is 0 Å². The molecule has 0 heterocycles. The molecule has 0 aliphatic rings. The third-order valence-electron chi connectivity index (χ3n) is 12.6. The van der Waals surface area contributed by atoms with Gasteiger partial charge in [-0.1, -0.05) is 0 Å². The van der Waals surface area contributed by atoms with E-state index in [1.165, 1.54) is 4.53 Å². The third-order valence-corrected chi connectivity index (χ3v) is 50.2. The van der Waals surface area contributed by atoms with Gasteiger partial charge >= 0.3 is 145 Å². The normalized spacial score (nSPS) is 24.2. The van der Waals surface area contributed by atoms with Crippen molar-refractivity contribution in [1.82, 2.24) is 0 Å². The molecule has 1 nitrogen and oxygen atoms in total. The molecule has 0 saturated carbocycles. The Labute approximate surface area is 144 Å². The third kappa shape index (κ3) is 0.971. The van der Waals surface area contributed by atoms with E-state index in [-0.39, 0.29) is 0 Å². The van der Waals surface area contributed by atoms with E-state index in [2.05, 4.69) is 85.7 Å². The first-order chi connectivity index (χ1) is 10.8. The van der Waals surface area contributed by atoms with Crippen LogP contribution in [0, 0.1) is 0 Å². The summed E-state index contributed by atoms with van der Waals surface area (Å²) in [5.74, 6) is 0. The summed E-state index contributed by atoms with van der Waals surface area (Å²) in [6.45, 7) is 19.4. The number of nitrogens with two attached hydrogens (primary N) is 1. The van der Waals surface area contributed by atoms with Crippen LogP contribution in [0.25, 0.3) is 0 Å². The van der Waals surface area contributed by atoms with Crippen molar-refractivity contribution in [2.24, 2.45) is 4.81 Å². The van der Waals surface area contributed by atoms with Crippen molar-refractivity contribution >= 4 is 4.53 Å². The van der Waals surface area contributed by atoms with E-state index < -0.39 is 6.44 Å². The molecule has 1 rings (SSSR count). The number of hydrogen-bond donors (Lipinski definition) is 1. The summed E-state index contributed by atoms with van der Waals surface area (Å²) in [6, 6.07) is 11.4. The summed E-state index contributed by atoms with van der Waals surface area (Å²) in [7, 11) is 0. The fourth-order valence-electron chi connectivity index (χ4n) is 6.52. The second-order valence-electron chi connectivity index (χ2n) is 9.49. The van der Waals surface area contributed by atoms with Crippen LogP contribution < -0.4 is 9.35 Å². The summed E-state index contributed by atoms with van der Waals surface area (Å²) in [5, 5.41) is 8.25. The van der Waals surface area contributed by atoms with Crippen molar-refractivity contribution in [2.75, 3.05) is 0 Å². The Morgan fingerprint density at radius 2 is 0.792 bits per heavy atom. The van der Waals surface area contributed by atoms with E-state index in [0.717, 1.165) is 43.1 Å². The summed E-state index contributed by atoms with van der Waals surface area (Å²) in [4.78, 5) is 8.86. The predicted molar refractivity (Wildman–Crippen MR) is 114 cm³/mol. The molecule has 150 valence electrons. The summed E-state index contributed by atoms with van der Waals surface area (Å²) in [6.07, 6.45) is -5.30. The molecule has 0 aromatic heterocycles. The van der Waals surface area contributed by atoms with Gasteiger partial charge in [-0.05, 0) is 0 Å². The molecule has 0 atom stereocenters. The van der Waals surface area contributed by atoms with Crippen molar-refractivity contribution in [2.45, 2.75) is 98.5 Å². The van der Waals surface area contributed by atoms with Crippen LogP contribution in [0.4, 0.5) is 0 Å². The minimum absolute atomic E-state index is 1.03. The Hall–Kier alpha value is -0.326. The topological polar surface area (TPSA) is 26.0 Å². The van der Waals surface area contributed by atoms with Gasteiger partial charge in [0.25, 0.3) is 0 Å². The van der Waals surface area contributed by atoms with Gasteiger partial charge in [0.05, 0.1) is 0 Å². The van der Waals surface area contributed by atoms with Crippen molar-refractivity contribution < 1.29 is 6.44 Å². The standard InChI is InChI=1S/C6H5.8C2H5.H2N.Ni/c1-2-4-6-5-3-1;8*1-2;;/h1-5H;8*1H2,2H3;1H2;/q;;;;;;;;;-1;+1. The summed E-state index contributed by atoms with van der Waals surface area (Å²) >= 11 is 0. The molecule has 2 heteroatoms. The van der Waals surface area contributed by atoms with E-state index in [1.807, 2.05) is 0 Å². The molecule has 2 N–H and O–H groups in total. The Morgan fingerprint density at radius 3 is 1.00 bits per heavy atom. The molecule has 1 aromatic rings. The molecule has 24 heavy (non-hydrogen) atoms. The SMILES string of the molecule is C[CH2][Ni]([NH2])([CH2]C)([CH2]C)([CH2]C)([CH2]C)([CH2]C)([CH2]C)([CH2]C)[c]1ccccc1. The van der Waals surface area contributed by atoms with Crippen LogP contribution in [-0.2, 0) is 6.44 Å². The zero-order valence-electron chi connectivity index (χ0n) is 17.9. The van der Waals surface area contributed by atoms with Crippen LogP contribution in [0.5, 0.6) is 0 Å². The van der Waals surface area contributed by atoms with Gasteiger partial charge in [-0.15, -0.1) is 0 Å². The first-order valence-corrected chi connectivity index (χ1v) is 16.3. The van der Waals surface area contributed by atoms with E-state index in [9.17, 15) is 0 Å². The summed E-state index contributed by atoms with van der Waals surface area (Å²) in [5.41, 5.74) is 0. The maximum absolute atomic E-state index is 8.86. The number of benzene rings is 1. The Kier molecular flexibility index (Phi) is 2.62. The summed E-state index contributed by atoms with van der Waals surface area (Å²) < 4.78 is 1.46. The second-order valence-corrected chi connectivity index (χ2v) is 35.8. The van der Waals surface area contributed by atoms with E-state index >= 15 is 0 Å².